The first-order valence-corrected chi connectivity index (χ1v) is 11.3. The number of fused-ring (bicyclic) bond motifs is 3. The van der Waals surface area contributed by atoms with Gasteiger partial charge in [-0.15, -0.1) is 0 Å². The van der Waals surface area contributed by atoms with Gasteiger partial charge in [0.05, 0.1) is 0 Å². The molecule has 1 aliphatic rings. The summed E-state index contributed by atoms with van der Waals surface area (Å²) < 4.78 is 2.22. The zero-order valence-corrected chi connectivity index (χ0v) is 19.5. The topological polar surface area (TPSA) is 0 Å². The molecule has 5 rings (SSSR count). The molecule has 0 fully saturated rings. The normalized spacial score (nSPS) is 13.8. The Bertz CT molecular complexity index is 1180. The van der Waals surface area contributed by atoms with Crippen molar-refractivity contribution in [2.75, 3.05) is 0 Å². The second-order valence-corrected chi connectivity index (χ2v) is 9.78. The third-order valence-corrected chi connectivity index (χ3v) is 7.14. The summed E-state index contributed by atoms with van der Waals surface area (Å²) in [5.74, 6) is 0. The Kier molecular flexibility index (Phi) is 4.53. The molecule has 1 aliphatic carbocycles. The summed E-state index contributed by atoms with van der Waals surface area (Å²) >= 11 is 7.33. The van der Waals surface area contributed by atoms with Gasteiger partial charge in [-0.25, -0.2) is 0 Å². The Morgan fingerprint density at radius 2 is 1.21 bits per heavy atom. The van der Waals surface area contributed by atoms with Gasteiger partial charge in [-0.05, 0) is 83.1 Å². The summed E-state index contributed by atoms with van der Waals surface area (Å²) in [6.45, 7) is 4.48. The van der Waals surface area contributed by atoms with Gasteiger partial charge in [-0.1, -0.05) is 92.0 Å². The Balaban J connectivity index is 1.74. The van der Waals surface area contributed by atoms with Crippen LogP contribution in [0.5, 0.6) is 0 Å². The minimum atomic E-state index is -0.188. The average Bonchev–Trinajstić information content (AvgIpc) is 2.97. The van der Waals surface area contributed by atoms with E-state index in [0.717, 1.165) is 8.95 Å². The lowest BCUT2D eigenvalue weighted by Crippen LogP contribution is -2.22. The fourth-order valence-electron chi connectivity index (χ4n) is 4.56. The van der Waals surface area contributed by atoms with Crippen molar-refractivity contribution < 1.29 is 0 Å². The van der Waals surface area contributed by atoms with Crippen molar-refractivity contribution in [3.8, 4) is 22.3 Å². The summed E-state index contributed by atoms with van der Waals surface area (Å²) in [6, 6.07) is 31.1. The van der Waals surface area contributed by atoms with E-state index in [2.05, 4.69) is 131 Å². The van der Waals surface area contributed by atoms with Crippen LogP contribution in [0.1, 0.15) is 29.2 Å². The van der Waals surface area contributed by atoms with Crippen LogP contribution < -0.4 is 0 Å². The van der Waals surface area contributed by atoms with Gasteiger partial charge in [-0.2, -0.15) is 0 Å². The van der Waals surface area contributed by atoms with Gasteiger partial charge in [0, 0.05) is 14.4 Å². The summed E-state index contributed by atoms with van der Waals surface area (Å²) in [5, 5.41) is 0. The van der Waals surface area contributed by atoms with E-state index in [1.807, 2.05) is 0 Å². The quantitative estimate of drug-likeness (QED) is 0.257. The monoisotopic (exact) mass is 502 g/mol. The third-order valence-electron chi connectivity index (χ3n) is 6.16. The molecule has 0 amide bonds. The van der Waals surface area contributed by atoms with Crippen LogP contribution in [-0.4, -0.2) is 0 Å². The largest absolute Gasteiger partial charge is 0.0613 e. The molecule has 0 aliphatic heterocycles. The first kappa shape index (κ1) is 18.8. The summed E-state index contributed by atoms with van der Waals surface area (Å²) in [4.78, 5) is 0. The lowest BCUT2D eigenvalue weighted by molar-refractivity contribution is 0.714. The van der Waals surface area contributed by atoms with Crippen molar-refractivity contribution in [2.45, 2.75) is 19.3 Å². The van der Waals surface area contributed by atoms with Gasteiger partial charge >= 0.3 is 0 Å². The van der Waals surface area contributed by atoms with Crippen LogP contribution in [0.15, 0.2) is 93.9 Å². The second-order valence-electron chi connectivity index (χ2n) is 7.95. The molecule has 0 N–H and O–H groups in total. The van der Waals surface area contributed by atoms with Crippen LogP contribution in [0, 0.1) is 6.92 Å². The summed E-state index contributed by atoms with van der Waals surface area (Å²) in [6.07, 6.45) is 0. The van der Waals surface area contributed by atoms with E-state index >= 15 is 0 Å². The number of hydrogen-bond acceptors (Lipinski definition) is 0. The van der Waals surface area contributed by atoms with Gasteiger partial charge in [0.1, 0.15) is 0 Å². The minimum absolute atomic E-state index is 0.188. The van der Waals surface area contributed by atoms with Gasteiger partial charge < -0.3 is 0 Å². The van der Waals surface area contributed by atoms with E-state index in [9.17, 15) is 0 Å². The number of hydrogen-bond donors (Lipinski definition) is 0. The average molecular weight is 504 g/mol. The summed E-state index contributed by atoms with van der Waals surface area (Å²) in [5.41, 5.74) is 10.3. The highest BCUT2D eigenvalue weighted by Gasteiger charge is 2.40. The van der Waals surface area contributed by atoms with Crippen LogP contribution in [-0.2, 0) is 5.41 Å². The van der Waals surface area contributed by atoms with Gasteiger partial charge in [0.25, 0.3) is 0 Å². The smallest absolute Gasteiger partial charge is 0.0435 e. The highest BCUT2D eigenvalue weighted by atomic mass is 79.9. The standard InChI is InChI=1S/C27H20Br2/c1-17-6-8-18(9-7-17)19-4-3-5-20(14-19)27(2)25-12-10-21(28)15-23(25)24-16-22(29)11-13-26(24)27/h3-16H,1-2H3. The zero-order chi connectivity index (χ0) is 20.2. The number of aryl methyl sites for hydroxylation is 1. The molecule has 142 valence electrons. The Morgan fingerprint density at radius 3 is 1.79 bits per heavy atom. The molecule has 0 saturated carbocycles. The molecule has 0 atom stereocenters. The van der Waals surface area contributed by atoms with E-state index in [4.69, 9.17) is 0 Å². The molecule has 2 heteroatoms. The van der Waals surface area contributed by atoms with Gasteiger partial charge in [-0.3, -0.25) is 0 Å². The maximum absolute atomic E-state index is 3.67. The van der Waals surface area contributed by atoms with E-state index in [-0.39, 0.29) is 5.41 Å². The zero-order valence-electron chi connectivity index (χ0n) is 16.3. The van der Waals surface area contributed by atoms with Gasteiger partial charge in [0.15, 0.2) is 0 Å². The van der Waals surface area contributed by atoms with Crippen LogP contribution in [0.3, 0.4) is 0 Å². The molecule has 0 nitrogen and oxygen atoms in total. The fraction of sp³-hybridized carbons (Fsp3) is 0.111. The molecule has 4 aromatic carbocycles. The molecule has 0 saturated heterocycles. The number of benzene rings is 4. The Hall–Kier alpha value is -2.16. The van der Waals surface area contributed by atoms with Crippen molar-refractivity contribution in [2.24, 2.45) is 0 Å². The van der Waals surface area contributed by atoms with E-state index in [0.29, 0.717) is 0 Å². The fourth-order valence-corrected chi connectivity index (χ4v) is 5.28. The minimum Gasteiger partial charge on any atom is -0.0613 e. The third kappa shape index (κ3) is 3.01. The molecular formula is C27H20Br2. The Morgan fingerprint density at radius 1 is 0.621 bits per heavy atom. The van der Waals surface area contributed by atoms with Crippen LogP contribution in [0.4, 0.5) is 0 Å². The summed E-state index contributed by atoms with van der Waals surface area (Å²) in [7, 11) is 0. The predicted molar refractivity (Wildman–Crippen MR) is 129 cm³/mol. The molecule has 0 radical (unpaired) electrons. The molecule has 0 bridgehead atoms. The molecule has 0 spiro atoms. The van der Waals surface area contributed by atoms with Crippen molar-refractivity contribution in [3.63, 3.8) is 0 Å². The molecule has 4 aromatic rings. The number of halogens is 2. The first-order chi connectivity index (χ1) is 14.0. The van der Waals surface area contributed by atoms with Crippen LogP contribution in [0.2, 0.25) is 0 Å². The van der Waals surface area contributed by atoms with Crippen molar-refractivity contribution in [3.05, 3.63) is 116 Å². The second kappa shape index (κ2) is 6.97. The number of rotatable bonds is 2. The van der Waals surface area contributed by atoms with E-state index in [1.54, 1.807) is 0 Å². The highest BCUT2D eigenvalue weighted by molar-refractivity contribution is 9.10. The van der Waals surface area contributed by atoms with Crippen LogP contribution in [0.25, 0.3) is 22.3 Å². The van der Waals surface area contributed by atoms with E-state index < -0.39 is 0 Å². The molecule has 0 unspecified atom stereocenters. The maximum Gasteiger partial charge on any atom is 0.0435 e. The van der Waals surface area contributed by atoms with E-state index in [1.165, 1.54) is 44.5 Å². The van der Waals surface area contributed by atoms with Crippen molar-refractivity contribution >= 4 is 31.9 Å². The lowest BCUT2D eigenvalue weighted by Gasteiger charge is -2.29. The highest BCUT2D eigenvalue weighted by Crippen LogP contribution is 2.53. The van der Waals surface area contributed by atoms with Gasteiger partial charge in [0.2, 0.25) is 0 Å². The molecular weight excluding hydrogens is 484 g/mol. The lowest BCUT2D eigenvalue weighted by atomic mass is 9.74. The molecule has 0 aromatic heterocycles. The maximum atomic E-state index is 3.67. The van der Waals surface area contributed by atoms with Crippen LogP contribution >= 0.6 is 31.9 Å². The first-order valence-electron chi connectivity index (χ1n) is 9.75. The van der Waals surface area contributed by atoms with Crippen molar-refractivity contribution in [1.82, 2.24) is 0 Å². The molecule has 0 heterocycles. The van der Waals surface area contributed by atoms with Crippen molar-refractivity contribution in [1.29, 1.82) is 0 Å². The SMILES string of the molecule is Cc1ccc(-c2cccc(C3(C)c4ccc(Br)cc4-c4cc(Br)ccc43)c2)cc1. The predicted octanol–water partition coefficient (Wildman–Crippen LogP) is 8.52. The molecule has 29 heavy (non-hydrogen) atoms. The Labute approximate surface area is 188 Å².